The topological polar surface area (TPSA) is 37.4 Å². The van der Waals surface area contributed by atoms with Crippen LogP contribution < -0.4 is 10.1 Å². The van der Waals surface area contributed by atoms with Crippen molar-refractivity contribution in [1.29, 1.82) is 0 Å². The molecule has 2 aromatic rings. The fourth-order valence-corrected chi connectivity index (χ4v) is 3.51. The first-order valence-corrected chi connectivity index (χ1v) is 8.15. The summed E-state index contributed by atoms with van der Waals surface area (Å²) in [5.74, 6) is 0.900. The van der Waals surface area contributed by atoms with Crippen LogP contribution in [-0.4, -0.2) is 43.2 Å². The van der Waals surface area contributed by atoms with E-state index in [2.05, 4.69) is 27.3 Å². The van der Waals surface area contributed by atoms with Crippen molar-refractivity contribution in [2.45, 2.75) is 13.0 Å². The third-order valence-electron chi connectivity index (χ3n) is 3.70. The van der Waals surface area contributed by atoms with Crippen LogP contribution in [0.5, 0.6) is 5.75 Å². The fourth-order valence-electron chi connectivity index (χ4n) is 2.51. The second kappa shape index (κ2) is 7.02. The number of thiazole rings is 1. The normalized spacial score (nSPS) is 16.0. The molecular formula is C16H21N3OS. The Kier molecular flexibility index (Phi) is 4.85. The Morgan fingerprint density at radius 1 is 1.24 bits per heavy atom. The molecule has 0 unspecified atom stereocenters. The molecule has 3 rings (SSSR count). The molecule has 4 nitrogen and oxygen atoms in total. The van der Waals surface area contributed by atoms with Crippen LogP contribution >= 0.6 is 11.3 Å². The molecule has 1 aliphatic heterocycles. The summed E-state index contributed by atoms with van der Waals surface area (Å²) in [6.45, 7) is 5.48. The quantitative estimate of drug-likeness (QED) is 0.918. The Hall–Kier alpha value is -1.43. The summed E-state index contributed by atoms with van der Waals surface area (Å²) in [5.41, 5.74) is 1.28. The second-order valence-electron chi connectivity index (χ2n) is 5.27. The van der Waals surface area contributed by atoms with E-state index in [-0.39, 0.29) is 0 Å². The van der Waals surface area contributed by atoms with Gasteiger partial charge in [-0.2, -0.15) is 0 Å². The van der Waals surface area contributed by atoms with Crippen LogP contribution in [0.25, 0.3) is 0 Å². The number of aromatic nitrogens is 1. The highest BCUT2D eigenvalue weighted by Gasteiger charge is 2.12. The van der Waals surface area contributed by atoms with Crippen LogP contribution in [0.15, 0.2) is 30.5 Å². The average molecular weight is 303 g/mol. The lowest BCUT2D eigenvalue weighted by molar-refractivity contribution is 0.235. The van der Waals surface area contributed by atoms with Gasteiger partial charge < -0.3 is 10.1 Å². The Bertz CT molecular complexity index is 561. The number of benzene rings is 1. The van der Waals surface area contributed by atoms with Crippen LogP contribution in [0, 0.1) is 0 Å². The van der Waals surface area contributed by atoms with Crippen molar-refractivity contribution in [2.24, 2.45) is 0 Å². The molecular weight excluding hydrogens is 282 g/mol. The molecule has 0 aliphatic carbocycles. The highest BCUT2D eigenvalue weighted by molar-refractivity contribution is 7.11. The Morgan fingerprint density at radius 3 is 2.71 bits per heavy atom. The molecule has 1 aromatic carbocycles. The largest absolute Gasteiger partial charge is 0.497 e. The Labute approximate surface area is 129 Å². The van der Waals surface area contributed by atoms with Gasteiger partial charge in [0.15, 0.2) is 0 Å². The number of nitrogens with zero attached hydrogens (tertiary/aromatic N) is 2. The van der Waals surface area contributed by atoms with Gasteiger partial charge in [-0.1, -0.05) is 12.1 Å². The summed E-state index contributed by atoms with van der Waals surface area (Å²) in [7, 11) is 1.69. The second-order valence-corrected chi connectivity index (χ2v) is 6.47. The molecule has 1 saturated heterocycles. The highest BCUT2D eigenvalue weighted by Crippen LogP contribution is 2.20. The number of hydrogen-bond acceptors (Lipinski definition) is 5. The molecule has 1 aliphatic rings. The molecule has 21 heavy (non-hydrogen) atoms. The van der Waals surface area contributed by atoms with Gasteiger partial charge in [0.2, 0.25) is 0 Å². The van der Waals surface area contributed by atoms with Crippen LogP contribution in [0.1, 0.15) is 15.4 Å². The van der Waals surface area contributed by atoms with E-state index in [4.69, 9.17) is 4.74 Å². The van der Waals surface area contributed by atoms with Gasteiger partial charge in [-0.15, -0.1) is 11.3 Å². The lowest BCUT2D eigenvalue weighted by atomic mass is 10.1. The molecule has 2 heterocycles. The van der Waals surface area contributed by atoms with Crippen molar-refractivity contribution in [2.75, 3.05) is 33.3 Å². The molecule has 5 heteroatoms. The zero-order valence-electron chi connectivity index (χ0n) is 12.3. The average Bonchev–Trinajstić information content (AvgIpc) is 2.96. The maximum atomic E-state index is 5.18. The number of methoxy groups -OCH3 is 1. The first kappa shape index (κ1) is 14.5. The van der Waals surface area contributed by atoms with Crippen molar-refractivity contribution in [1.82, 2.24) is 15.2 Å². The van der Waals surface area contributed by atoms with E-state index in [1.165, 1.54) is 15.4 Å². The van der Waals surface area contributed by atoms with Crippen LogP contribution in [0.2, 0.25) is 0 Å². The summed E-state index contributed by atoms with van der Waals surface area (Å²) in [5, 5.41) is 4.57. The summed E-state index contributed by atoms with van der Waals surface area (Å²) >= 11 is 1.83. The van der Waals surface area contributed by atoms with Crippen molar-refractivity contribution >= 4 is 11.3 Å². The zero-order chi connectivity index (χ0) is 14.5. The molecule has 0 atom stereocenters. The Morgan fingerprint density at radius 2 is 2.00 bits per heavy atom. The third kappa shape index (κ3) is 4.03. The maximum absolute atomic E-state index is 5.18. The lowest BCUT2D eigenvalue weighted by Gasteiger charge is -2.26. The van der Waals surface area contributed by atoms with E-state index >= 15 is 0 Å². The standard InChI is InChI=1S/C16H21N3OS/c1-20-14-4-2-13(3-5-14)10-16-18-11-15(21-16)12-19-8-6-17-7-9-19/h2-5,11,17H,6-10,12H2,1H3. The predicted octanol–water partition coefficient (Wildman–Crippen LogP) is 2.15. The highest BCUT2D eigenvalue weighted by atomic mass is 32.1. The molecule has 1 aromatic heterocycles. The van der Waals surface area contributed by atoms with Gasteiger partial charge in [0.25, 0.3) is 0 Å². The van der Waals surface area contributed by atoms with Gasteiger partial charge in [0, 0.05) is 50.2 Å². The summed E-state index contributed by atoms with van der Waals surface area (Å²) in [6.07, 6.45) is 2.93. The predicted molar refractivity (Wildman–Crippen MR) is 86.1 cm³/mol. The molecule has 1 N–H and O–H groups in total. The molecule has 0 spiro atoms. The number of rotatable bonds is 5. The minimum Gasteiger partial charge on any atom is -0.497 e. The van der Waals surface area contributed by atoms with Gasteiger partial charge >= 0.3 is 0 Å². The van der Waals surface area contributed by atoms with E-state index in [0.717, 1.165) is 44.9 Å². The monoisotopic (exact) mass is 303 g/mol. The van der Waals surface area contributed by atoms with Crippen LogP contribution in [0.3, 0.4) is 0 Å². The molecule has 0 saturated carbocycles. The van der Waals surface area contributed by atoms with Crippen LogP contribution in [-0.2, 0) is 13.0 Å². The number of hydrogen-bond donors (Lipinski definition) is 1. The minimum absolute atomic E-state index is 0.899. The van der Waals surface area contributed by atoms with Crippen molar-refractivity contribution < 1.29 is 4.74 Å². The van der Waals surface area contributed by atoms with E-state index in [9.17, 15) is 0 Å². The van der Waals surface area contributed by atoms with Gasteiger partial charge in [-0.25, -0.2) is 4.98 Å². The van der Waals surface area contributed by atoms with E-state index < -0.39 is 0 Å². The lowest BCUT2D eigenvalue weighted by Crippen LogP contribution is -2.42. The van der Waals surface area contributed by atoms with E-state index in [1.807, 2.05) is 29.7 Å². The van der Waals surface area contributed by atoms with Gasteiger partial charge in [-0.05, 0) is 17.7 Å². The van der Waals surface area contributed by atoms with E-state index in [1.54, 1.807) is 7.11 Å². The zero-order valence-corrected chi connectivity index (χ0v) is 13.2. The van der Waals surface area contributed by atoms with Crippen molar-refractivity contribution in [3.05, 3.63) is 45.9 Å². The maximum Gasteiger partial charge on any atom is 0.118 e. The third-order valence-corrected chi connectivity index (χ3v) is 4.69. The SMILES string of the molecule is COc1ccc(Cc2ncc(CN3CCNCC3)s2)cc1. The number of nitrogens with one attached hydrogen (secondary N) is 1. The van der Waals surface area contributed by atoms with Gasteiger partial charge in [-0.3, -0.25) is 4.90 Å². The summed E-state index contributed by atoms with van der Waals surface area (Å²) in [6, 6.07) is 8.22. The molecule has 1 fully saturated rings. The summed E-state index contributed by atoms with van der Waals surface area (Å²) < 4.78 is 5.18. The van der Waals surface area contributed by atoms with Crippen molar-refractivity contribution in [3.8, 4) is 5.75 Å². The molecule has 0 radical (unpaired) electrons. The van der Waals surface area contributed by atoms with Gasteiger partial charge in [0.1, 0.15) is 5.75 Å². The molecule has 0 bridgehead atoms. The van der Waals surface area contributed by atoms with Crippen molar-refractivity contribution in [3.63, 3.8) is 0 Å². The Balaban J connectivity index is 1.58. The summed E-state index contributed by atoms with van der Waals surface area (Å²) in [4.78, 5) is 8.41. The minimum atomic E-state index is 0.899. The molecule has 112 valence electrons. The number of ether oxygens (including phenoxy) is 1. The van der Waals surface area contributed by atoms with Gasteiger partial charge in [0.05, 0.1) is 12.1 Å². The number of piperazine rings is 1. The van der Waals surface area contributed by atoms with E-state index in [0.29, 0.717) is 0 Å². The fraction of sp³-hybridized carbons (Fsp3) is 0.438. The first-order chi connectivity index (χ1) is 10.3. The smallest absolute Gasteiger partial charge is 0.118 e. The van der Waals surface area contributed by atoms with Crippen LogP contribution in [0.4, 0.5) is 0 Å². The molecule has 0 amide bonds. The first-order valence-electron chi connectivity index (χ1n) is 7.33.